The zero-order valence-corrected chi connectivity index (χ0v) is 12.6. The summed E-state index contributed by atoms with van der Waals surface area (Å²) in [6.45, 7) is 7.38. The van der Waals surface area contributed by atoms with Crippen LogP contribution >= 0.6 is 0 Å². The summed E-state index contributed by atoms with van der Waals surface area (Å²) < 4.78 is 2.05. The molecular formula is C15H28N4. The second kappa shape index (κ2) is 6.04. The highest BCUT2D eigenvalue weighted by Crippen LogP contribution is 2.42. The van der Waals surface area contributed by atoms with Gasteiger partial charge in [0.1, 0.15) is 12.2 Å². The molecular weight excluding hydrogens is 236 g/mol. The number of nitrogens with zero attached hydrogens (tertiary/aromatic N) is 3. The molecule has 0 radical (unpaired) electrons. The van der Waals surface area contributed by atoms with Crippen LogP contribution in [0.4, 0.5) is 0 Å². The van der Waals surface area contributed by atoms with Crippen molar-refractivity contribution in [2.45, 2.75) is 65.3 Å². The van der Waals surface area contributed by atoms with Gasteiger partial charge in [0.25, 0.3) is 0 Å². The molecule has 108 valence electrons. The minimum Gasteiger partial charge on any atom is -0.330 e. The first-order chi connectivity index (χ1) is 9.10. The zero-order valence-electron chi connectivity index (χ0n) is 12.6. The Hall–Kier alpha value is -0.900. The largest absolute Gasteiger partial charge is 0.330 e. The summed E-state index contributed by atoms with van der Waals surface area (Å²) >= 11 is 0. The van der Waals surface area contributed by atoms with Crippen LogP contribution in [0.2, 0.25) is 0 Å². The average Bonchev–Trinajstić information content (AvgIpc) is 2.87. The maximum absolute atomic E-state index is 6.14. The Bertz CT molecular complexity index is 399. The fourth-order valence-corrected chi connectivity index (χ4v) is 3.52. The Morgan fingerprint density at radius 1 is 1.53 bits per heavy atom. The van der Waals surface area contributed by atoms with E-state index in [4.69, 9.17) is 5.73 Å². The fourth-order valence-electron chi connectivity index (χ4n) is 3.52. The third kappa shape index (κ3) is 3.16. The monoisotopic (exact) mass is 264 g/mol. The number of aromatic nitrogens is 3. The van der Waals surface area contributed by atoms with Crippen molar-refractivity contribution >= 4 is 0 Å². The van der Waals surface area contributed by atoms with Crippen LogP contribution in [-0.2, 0) is 6.42 Å². The van der Waals surface area contributed by atoms with Gasteiger partial charge in [0.2, 0.25) is 0 Å². The van der Waals surface area contributed by atoms with E-state index in [1.165, 1.54) is 32.1 Å². The number of rotatable bonds is 5. The van der Waals surface area contributed by atoms with Gasteiger partial charge in [0.05, 0.1) is 0 Å². The van der Waals surface area contributed by atoms with Gasteiger partial charge in [-0.05, 0) is 44.6 Å². The maximum atomic E-state index is 6.14. The molecule has 1 aromatic rings. The van der Waals surface area contributed by atoms with Crippen molar-refractivity contribution < 1.29 is 0 Å². The Balaban J connectivity index is 2.15. The molecule has 1 aliphatic carbocycles. The van der Waals surface area contributed by atoms with Crippen LogP contribution in [0.5, 0.6) is 0 Å². The summed E-state index contributed by atoms with van der Waals surface area (Å²) in [5, 5.41) is 4.35. The molecule has 0 bridgehead atoms. The molecule has 1 saturated carbocycles. The Kier molecular flexibility index (Phi) is 4.61. The molecule has 1 aliphatic rings. The van der Waals surface area contributed by atoms with Crippen molar-refractivity contribution in [2.75, 3.05) is 6.54 Å². The normalized spacial score (nSPS) is 27.9. The molecule has 2 rings (SSSR count). The van der Waals surface area contributed by atoms with E-state index in [0.29, 0.717) is 6.04 Å². The predicted octanol–water partition coefficient (Wildman–Crippen LogP) is 2.95. The van der Waals surface area contributed by atoms with Crippen molar-refractivity contribution in [3.05, 3.63) is 12.2 Å². The van der Waals surface area contributed by atoms with Gasteiger partial charge in [-0.3, -0.25) is 0 Å². The smallest absolute Gasteiger partial charge is 0.138 e. The number of nitrogens with two attached hydrogens (primary N) is 1. The Morgan fingerprint density at radius 3 is 2.95 bits per heavy atom. The van der Waals surface area contributed by atoms with Crippen LogP contribution in [0.1, 0.15) is 64.7 Å². The van der Waals surface area contributed by atoms with Gasteiger partial charge in [-0.1, -0.05) is 26.2 Å². The van der Waals surface area contributed by atoms with E-state index in [-0.39, 0.29) is 5.41 Å². The predicted molar refractivity (Wildman–Crippen MR) is 77.8 cm³/mol. The highest BCUT2D eigenvalue weighted by Gasteiger charge is 2.36. The van der Waals surface area contributed by atoms with Crippen LogP contribution in [0, 0.1) is 11.3 Å². The topological polar surface area (TPSA) is 56.7 Å². The van der Waals surface area contributed by atoms with E-state index in [9.17, 15) is 0 Å². The van der Waals surface area contributed by atoms with Gasteiger partial charge in [-0.25, -0.2) is 9.67 Å². The third-order valence-corrected chi connectivity index (χ3v) is 4.72. The molecule has 1 fully saturated rings. The highest BCUT2D eigenvalue weighted by atomic mass is 15.3. The van der Waals surface area contributed by atoms with Crippen molar-refractivity contribution in [3.8, 4) is 0 Å². The minimum absolute atomic E-state index is 0.249. The van der Waals surface area contributed by atoms with Gasteiger partial charge in [-0.15, -0.1) is 0 Å². The van der Waals surface area contributed by atoms with Gasteiger partial charge >= 0.3 is 0 Å². The molecule has 0 spiro atoms. The molecule has 4 heteroatoms. The van der Waals surface area contributed by atoms with Gasteiger partial charge in [0.15, 0.2) is 0 Å². The molecule has 0 amide bonds. The lowest BCUT2D eigenvalue weighted by atomic mass is 9.67. The summed E-state index contributed by atoms with van der Waals surface area (Å²) in [4.78, 5) is 4.47. The molecule has 0 aliphatic heterocycles. The number of hydrogen-bond donors (Lipinski definition) is 1. The summed E-state index contributed by atoms with van der Waals surface area (Å²) in [6, 6.07) is 0.373. The Labute approximate surface area is 116 Å². The SMILES string of the molecule is CCC1CCCC(CN)(Cc2ncnn2C(C)C)C1. The first-order valence-electron chi connectivity index (χ1n) is 7.68. The Morgan fingerprint density at radius 2 is 2.32 bits per heavy atom. The number of hydrogen-bond acceptors (Lipinski definition) is 3. The molecule has 19 heavy (non-hydrogen) atoms. The highest BCUT2D eigenvalue weighted by molar-refractivity contribution is 4.98. The molecule has 2 unspecified atom stereocenters. The van der Waals surface area contributed by atoms with Crippen LogP contribution < -0.4 is 5.73 Å². The molecule has 2 N–H and O–H groups in total. The van der Waals surface area contributed by atoms with Crippen LogP contribution in [-0.4, -0.2) is 21.3 Å². The lowest BCUT2D eigenvalue weighted by Gasteiger charge is -2.40. The average molecular weight is 264 g/mol. The van der Waals surface area contributed by atoms with Crippen LogP contribution in [0.25, 0.3) is 0 Å². The molecule has 4 nitrogen and oxygen atoms in total. The van der Waals surface area contributed by atoms with Gasteiger partial charge in [0, 0.05) is 12.5 Å². The van der Waals surface area contributed by atoms with Crippen LogP contribution in [0.15, 0.2) is 6.33 Å². The zero-order chi connectivity index (χ0) is 13.9. The molecule has 0 saturated heterocycles. The van der Waals surface area contributed by atoms with Gasteiger partial charge < -0.3 is 5.73 Å². The van der Waals surface area contributed by atoms with Crippen molar-refractivity contribution in [2.24, 2.45) is 17.1 Å². The summed E-state index contributed by atoms with van der Waals surface area (Å²) in [5.41, 5.74) is 6.39. The quantitative estimate of drug-likeness (QED) is 0.889. The van der Waals surface area contributed by atoms with Crippen molar-refractivity contribution in [1.29, 1.82) is 0 Å². The van der Waals surface area contributed by atoms with E-state index in [1.54, 1.807) is 6.33 Å². The second-order valence-electron chi connectivity index (χ2n) is 6.47. The van der Waals surface area contributed by atoms with E-state index >= 15 is 0 Å². The molecule has 0 aromatic carbocycles. The molecule has 1 aromatic heterocycles. The van der Waals surface area contributed by atoms with Gasteiger partial charge in [-0.2, -0.15) is 5.10 Å². The summed E-state index contributed by atoms with van der Waals surface area (Å²) in [7, 11) is 0. The van der Waals surface area contributed by atoms with E-state index in [1.807, 2.05) is 4.68 Å². The van der Waals surface area contributed by atoms with E-state index < -0.39 is 0 Å². The minimum atomic E-state index is 0.249. The van der Waals surface area contributed by atoms with Crippen molar-refractivity contribution in [3.63, 3.8) is 0 Å². The van der Waals surface area contributed by atoms with Crippen LogP contribution in [0.3, 0.4) is 0 Å². The standard InChI is InChI=1S/C15H28N4/c1-4-13-6-5-7-15(8-13,10-16)9-14-17-11-18-19(14)12(2)3/h11-13H,4-10,16H2,1-3H3. The second-order valence-corrected chi connectivity index (χ2v) is 6.47. The third-order valence-electron chi connectivity index (χ3n) is 4.72. The summed E-state index contributed by atoms with van der Waals surface area (Å²) in [6.07, 6.45) is 9.12. The first kappa shape index (κ1) is 14.5. The van der Waals surface area contributed by atoms with E-state index in [2.05, 4.69) is 30.9 Å². The van der Waals surface area contributed by atoms with Crippen molar-refractivity contribution in [1.82, 2.24) is 14.8 Å². The maximum Gasteiger partial charge on any atom is 0.138 e. The molecule has 1 heterocycles. The lowest BCUT2D eigenvalue weighted by molar-refractivity contribution is 0.137. The first-order valence-corrected chi connectivity index (χ1v) is 7.68. The summed E-state index contributed by atoms with van der Waals surface area (Å²) in [5.74, 6) is 1.95. The molecule has 2 atom stereocenters. The fraction of sp³-hybridized carbons (Fsp3) is 0.867. The van der Waals surface area contributed by atoms with E-state index in [0.717, 1.165) is 24.7 Å². The lowest BCUT2D eigenvalue weighted by Crippen LogP contribution is -2.38.